The Balaban J connectivity index is 1.62. The molecule has 23 heavy (non-hydrogen) atoms. The standard InChI is InChI=1S/C18H21N3O2/c1-11-4-6-16-14(8-11)5-7-17(23-16)18(22)19-10-15-9-12(2)20-13(3)21-15/h4,6,8-9,17H,5,7,10H2,1-3H3,(H,19,22). The molecule has 1 unspecified atom stereocenters. The lowest BCUT2D eigenvalue weighted by molar-refractivity contribution is -0.128. The SMILES string of the molecule is Cc1ccc2c(c1)CCC(C(=O)NCc1cc(C)nc(C)n1)O2. The summed E-state index contributed by atoms with van der Waals surface area (Å²) >= 11 is 0. The summed E-state index contributed by atoms with van der Waals surface area (Å²) in [6.45, 7) is 6.22. The number of rotatable bonds is 3. The van der Waals surface area contributed by atoms with Crippen LogP contribution in [0.2, 0.25) is 0 Å². The third-order valence-corrected chi connectivity index (χ3v) is 3.92. The van der Waals surface area contributed by atoms with E-state index in [4.69, 9.17) is 4.74 Å². The van der Waals surface area contributed by atoms with Crippen molar-refractivity contribution in [1.82, 2.24) is 15.3 Å². The second kappa shape index (κ2) is 6.36. The molecule has 2 heterocycles. The monoisotopic (exact) mass is 311 g/mol. The van der Waals surface area contributed by atoms with Gasteiger partial charge in [0.1, 0.15) is 11.6 Å². The number of aromatic nitrogens is 2. The summed E-state index contributed by atoms with van der Waals surface area (Å²) in [6, 6.07) is 7.95. The van der Waals surface area contributed by atoms with Gasteiger partial charge in [-0.05, 0) is 51.3 Å². The first-order valence-electron chi connectivity index (χ1n) is 7.86. The van der Waals surface area contributed by atoms with Crippen LogP contribution in [0.15, 0.2) is 24.3 Å². The molecule has 0 spiro atoms. The number of benzene rings is 1. The van der Waals surface area contributed by atoms with Crippen molar-refractivity contribution in [2.75, 3.05) is 0 Å². The van der Waals surface area contributed by atoms with Crippen LogP contribution in [0, 0.1) is 20.8 Å². The first kappa shape index (κ1) is 15.5. The van der Waals surface area contributed by atoms with Crippen LogP contribution in [0.5, 0.6) is 5.75 Å². The highest BCUT2D eigenvalue weighted by molar-refractivity contribution is 5.81. The first-order chi connectivity index (χ1) is 11.0. The molecule has 1 aliphatic rings. The van der Waals surface area contributed by atoms with E-state index in [0.717, 1.165) is 23.6 Å². The van der Waals surface area contributed by atoms with Crippen LogP contribution in [-0.2, 0) is 17.8 Å². The summed E-state index contributed by atoms with van der Waals surface area (Å²) in [6.07, 6.45) is 1.12. The van der Waals surface area contributed by atoms with Crippen molar-refractivity contribution in [3.63, 3.8) is 0 Å². The summed E-state index contributed by atoms with van der Waals surface area (Å²) in [7, 11) is 0. The van der Waals surface area contributed by atoms with E-state index in [1.54, 1.807) is 0 Å². The first-order valence-corrected chi connectivity index (χ1v) is 7.86. The van der Waals surface area contributed by atoms with Crippen molar-refractivity contribution in [2.24, 2.45) is 0 Å². The second-order valence-electron chi connectivity index (χ2n) is 6.02. The molecule has 0 saturated carbocycles. The largest absolute Gasteiger partial charge is 0.480 e. The number of carbonyl (C=O) groups excluding carboxylic acids is 1. The van der Waals surface area contributed by atoms with E-state index >= 15 is 0 Å². The average Bonchev–Trinajstić information content (AvgIpc) is 2.51. The van der Waals surface area contributed by atoms with Gasteiger partial charge < -0.3 is 10.1 Å². The Morgan fingerprint density at radius 1 is 1.26 bits per heavy atom. The number of hydrogen-bond donors (Lipinski definition) is 1. The molecule has 0 saturated heterocycles. The highest BCUT2D eigenvalue weighted by atomic mass is 16.5. The number of ether oxygens (including phenoxy) is 1. The molecule has 3 rings (SSSR count). The van der Waals surface area contributed by atoms with Crippen molar-refractivity contribution in [3.05, 3.63) is 52.6 Å². The third kappa shape index (κ3) is 3.67. The van der Waals surface area contributed by atoms with Gasteiger partial charge in [0.05, 0.1) is 12.2 Å². The molecule has 1 amide bonds. The van der Waals surface area contributed by atoms with Crippen molar-refractivity contribution < 1.29 is 9.53 Å². The Morgan fingerprint density at radius 2 is 2.09 bits per heavy atom. The van der Waals surface area contributed by atoms with Gasteiger partial charge in [0.25, 0.3) is 5.91 Å². The molecule has 1 atom stereocenters. The fourth-order valence-corrected chi connectivity index (χ4v) is 2.88. The highest BCUT2D eigenvalue weighted by Gasteiger charge is 2.25. The van der Waals surface area contributed by atoms with Gasteiger partial charge in [0.15, 0.2) is 6.10 Å². The maximum atomic E-state index is 12.3. The Kier molecular flexibility index (Phi) is 4.28. The molecule has 0 aliphatic carbocycles. The topological polar surface area (TPSA) is 64.1 Å². The molecular formula is C18H21N3O2. The van der Waals surface area contributed by atoms with Crippen LogP contribution in [-0.4, -0.2) is 22.0 Å². The van der Waals surface area contributed by atoms with Gasteiger partial charge in [-0.25, -0.2) is 9.97 Å². The molecule has 5 heteroatoms. The quantitative estimate of drug-likeness (QED) is 0.945. The van der Waals surface area contributed by atoms with Crippen molar-refractivity contribution >= 4 is 5.91 Å². The van der Waals surface area contributed by atoms with E-state index in [9.17, 15) is 4.79 Å². The molecule has 0 fully saturated rings. The zero-order valence-corrected chi connectivity index (χ0v) is 13.7. The van der Waals surface area contributed by atoms with Gasteiger partial charge in [-0.15, -0.1) is 0 Å². The minimum atomic E-state index is -0.436. The fraction of sp³-hybridized carbons (Fsp3) is 0.389. The van der Waals surface area contributed by atoms with Crippen molar-refractivity contribution in [1.29, 1.82) is 0 Å². The normalized spacial score (nSPS) is 16.4. The van der Waals surface area contributed by atoms with E-state index in [0.29, 0.717) is 18.8 Å². The second-order valence-corrected chi connectivity index (χ2v) is 6.02. The summed E-state index contributed by atoms with van der Waals surface area (Å²) in [5.41, 5.74) is 4.11. The number of fused-ring (bicyclic) bond motifs is 1. The van der Waals surface area contributed by atoms with Gasteiger partial charge in [0.2, 0.25) is 0 Å². The average molecular weight is 311 g/mol. The summed E-state index contributed by atoms with van der Waals surface area (Å²) in [5.74, 6) is 1.44. The van der Waals surface area contributed by atoms with E-state index in [2.05, 4.69) is 28.3 Å². The summed E-state index contributed by atoms with van der Waals surface area (Å²) < 4.78 is 5.84. The lowest BCUT2D eigenvalue weighted by atomic mass is 10.00. The van der Waals surface area contributed by atoms with Gasteiger partial charge in [-0.1, -0.05) is 17.7 Å². The van der Waals surface area contributed by atoms with Crippen molar-refractivity contribution in [3.8, 4) is 5.75 Å². The molecule has 1 aromatic heterocycles. The maximum Gasteiger partial charge on any atom is 0.261 e. The maximum absolute atomic E-state index is 12.3. The fourth-order valence-electron chi connectivity index (χ4n) is 2.88. The molecule has 2 aromatic rings. The Morgan fingerprint density at radius 3 is 2.87 bits per heavy atom. The summed E-state index contributed by atoms with van der Waals surface area (Å²) in [5, 5.41) is 2.91. The predicted molar refractivity (Wildman–Crippen MR) is 87.3 cm³/mol. The van der Waals surface area contributed by atoms with Crippen LogP contribution >= 0.6 is 0 Å². The third-order valence-electron chi connectivity index (χ3n) is 3.92. The number of carbonyl (C=O) groups is 1. The number of nitrogens with zero attached hydrogens (tertiary/aromatic N) is 2. The van der Waals surface area contributed by atoms with E-state index in [1.165, 1.54) is 11.1 Å². The van der Waals surface area contributed by atoms with Gasteiger partial charge in [0, 0.05) is 5.69 Å². The number of nitrogens with one attached hydrogen (secondary N) is 1. The van der Waals surface area contributed by atoms with Gasteiger partial charge in [-0.3, -0.25) is 4.79 Å². The zero-order chi connectivity index (χ0) is 16.4. The molecule has 1 aliphatic heterocycles. The van der Waals surface area contributed by atoms with Crippen LogP contribution in [0.25, 0.3) is 0 Å². The molecular weight excluding hydrogens is 290 g/mol. The lowest BCUT2D eigenvalue weighted by Crippen LogP contribution is -2.40. The molecule has 0 bridgehead atoms. The van der Waals surface area contributed by atoms with Crippen LogP contribution in [0.4, 0.5) is 0 Å². The molecule has 1 aromatic carbocycles. The van der Waals surface area contributed by atoms with Gasteiger partial charge in [-0.2, -0.15) is 0 Å². The number of aryl methyl sites for hydroxylation is 4. The molecule has 120 valence electrons. The smallest absolute Gasteiger partial charge is 0.261 e. The van der Waals surface area contributed by atoms with E-state index in [1.807, 2.05) is 32.0 Å². The van der Waals surface area contributed by atoms with Crippen LogP contribution < -0.4 is 10.1 Å². The van der Waals surface area contributed by atoms with Crippen LogP contribution in [0.3, 0.4) is 0 Å². The predicted octanol–water partition coefficient (Wildman–Crippen LogP) is 2.41. The lowest BCUT2D eigenvalue weighted by Gasteiger charge is -2.25. The molecule has 5 nitrogen and oxygen atoms in total. The Bertz CT molecular complexity index is 723. The minimum Gasteiger partial charge on any atom is -0.480 e. The van der Waals surface area contributed by atoms with Crippen LogP contribution in [0.1, 0.15) is 34.8 Å². The summed E-state index contributed by atoms with van der Waals surface area (Å²) in [4.78, 5) is 20.9. The molecule has 1 N–H and O–H groups in total. The number of hydrogen-bond acceptors (Lipinski definition) is 4. The Labute approximate surface area is 136 Å². The molecule has 0 radical (unpaired) electrons. The zero-order valence-electron chi connectivity index (χ0n) is 13.7. The van der Waals surface area contributed by atoms with Crippen molar-refractivity contribution in [2.45, 2.75) is 46.3 Å². The Hall–Kier alpha value is -2.43. The van der Waals surface area contributed by atoms with Gasteiger partial charge >= 0.3 is 0 Å². The van der Waals surface area contributed by atoms with E-state index < -0.39 is 6.10 Å². The minimum absolute atomic E-state index is 0.0925. The number of amides is 1. The van der Waals surface area contributed by atoms with E-state index in [-0.39, 0.29) is 5.91 Å². The highest BCUT2D eigenvalue weighted by Crippen LogP contribution is 2.28.